The summed E-state index contributed by atoms with van der Waals surface area (Å²) in [6.45, 7) is 2.02. The first kappa shape index (κ1) is 25.5. The number of benzene rings is 1. The molecule has 1 aromatic carbocycles. The molecule has 1 aliphatic heterocycles. The Kier molecular flexibility index (Phi) is 9.86. The van der Waals surface area contributed by atoms with Gasteiger partial charge in [-0.3, -0.25) is 9.59 Å². The van der Waals surface area contributed by atoms with Gasteiger partial charge in [-0.05, 0) is 30.9 Å². The second-order valence-corrected chi connectivity index (χ2v) is 8.26. The first-order valence-corrected chi connectivity index (χ1v) is 11.0. The highest BCUT2D eigenvalue weighted by atomic mass is 19.3. The van der Waals surface area contributed by atoms with Crippen LogP contribution < -0.4 is 0 Å². The molecule has 174 valence electrons. The van der Waals surface area contributed by atoms with E-state index in [2.05, 4.69) is 11.8 Å². The van der Waals surface area contributed by atoms with E-state index < -0.39 is 36.4 Å². The fraction of sp³-hybridized carbons (Fsp3) is 0.520. The minimum atomic E-state index is -3.41. The maximum Gasteiger partial charge on any atom is 0.327 e. The van der Waals surface area contributed by atoms with Crippen LogP contribution in [-0.2, 0) is 9.59 Å². The van der Waals surface area contributed by atoms with E-state index in [1.807, 2.05) is 37.3 Å². The van der Waals surface area contributed by atoms with Gasteiger partial charge in [0.15, 0.2) is 0 Å². The van der Waals surface area contributed by atoms with Crippen molar-refractivity contribution in [1.29, 1.82) is 0 Å². The van der Waals surface area contributed by atoms with Crippen molar-refractivity contribution in [3.8, 4) is 11.8 Å². The largest absolute Gasteiger partial charge is 0.481 e. The van der Waals surface area contributed by atoms with Crippen molar-refractivity contribution < 1.29 is 28.6 Å². The fourth-order valence-electron chi connectivity index (χ4n) is 3.56. The molecule has 32 heavy (non-hydrogen) atoms. The van der Waals surface area contributed by atoms with Gasteiger partial charge in [-0.1, -0.05) is 62.0 Å². The number of likely N-dealkylation sites (tertiary alicyclic amines) is 1. The standard InChI is InChI=1S/C25H31F2NO4/c1-19(10-9-13-20-11-5-4-6-12-20)22(29)16-15-21-18-25(26,27)24(32)28(21)17-8-3-2-7-14-23(30)31/h4-6,11-12,15-16,19,21-22,29H,2-3,7-8,10,14,17-18H2,1H3,(H,30,31)/t19-,21-,22+/m0/s1. The number of halogens is 2. The normalized spacial score (nSPS) is 19.6. The molecule has 2 rings (SSSR count). The lowest BCUT2D eigenvalue weighted by molar-refractivity contribution is -0.148. The Bertz CT molecular complexity index is 844. The van der Waals surface area contributed by atoms with Gasteiger partial charge in [0, 0.05) is 31.4 Å². The molecule has 0 saturated carbocycles. The molecule has 3 atom stereocenters. The summed E-state index contributed by atoms with van der Waals surface area (Å²) in [5.74, 6) is 0.408. The van der Waals surface area contributed by atoms with Gasteiger partial charge in [-0.25, -0.2) is 0 Å². The van der Waals surface area contributed by atoms with Crippen molar-refractivity contribution in [1.82, 2.24) is 4.90 Å². The average molecular weight is 448 g/mol. The number of alkyl halides is 2. The average Bonchev–Trinajstić information content (AvgIpc) is 2.97. The Hall–Kier alpha value is -2.72. The van der Waals surface area contributed by atoms with Gasteiger partial charge < -0.3 is 15.1 Å². The monoisotopic (exact) mass is 447 g/mol. The Balaban J connectivity index is 1.87. The zero-order valence-electron chi connectivity index (χ0n) is 18.3. The predicted octanol–water partition coefficient (Wildman–Crippen LogP) is 4.25. The van der Waals surface area contributed by atoms with Gasteiger partial charge >= 0.3 is 11.9 Å². The van der Waals surface area contributed by atoms with E-state index in [1.165, 1.54) is 17.1 Å². The summed E-state index contributed by atoms with van der Waals surface area (Å²) < 4.78 is 28.0. The molecule has 1 aromatic rings. The molecule has 7 heteroatoms. The van der Waals surface area contributed by atoms with Crippen molar-refractivity contribution in [2.75, 3.05) is 6.54 Å². The molecule has 1 amide bonds. The number of carbonyl (C=O) groups excluding carboxylic acids is 1. The minimum absolute atomic E-state index is 0.0812. The van der Waals surface area contributed by atoms with Crippen LogP contribution in [0.5, 0.6) is 0 Å². The quantitative estimate of drug-likeness (QED) is 0.302. The summed E-state index contributed by atoms with van der Waals surface area (Å²) in [4.78, 5) is 23.8. The lowest BCUT2D eigenvalue weighted by Crippen LogP contribution is -2.36. The summed E-state index contributed by atoms with van der Waals surface area (Å²) in [6.07, 6.45) is 4.43. The maximum atomic E-state index is 14.0. The van der Waals surface area contributed by atoms with Crippen molar-refractivity contribution in [3.05, 3.63) is 48.0 Å². The number of aliphatic carboxylic acids is 1. The number of hydrogen-bond donors (Lipinski definition) is 2. The van der Waals surface area contributed by atoms with Gasteiger partial charge in [-0.15, -0.1) is 0 Å². The van der Waals surface area contributed by atoms with Crippen LogP contribution in [0, 0.1) is 17.8 Å². The topological polar surface area (TPSA) is 77.8 Å². The summed E-state index contributed by atoms with van der Waals surface area (Å²) in [5, 5.41) is 19.0. The van der Waals surface area contributed by atoms with Gasteiger partial charge in [-0.2, -0.15) is 8.78 Å². The summed E-state index contributed by atoms with van der Waals surface area (Å²) in [5.41, 5.74) is 0.884. The van der Waals surface area contributed by atoms with Gasteiger partial charge in [0.05, 0.1) is 12.1 Å². The van der Waals surface area contributed by atoms with E-state index in [-0.39, 0.29) is 18.9 Å². The third-order valence-electron chi connectivity index (χ3n) is 5.52. The number of carboxylic acids is 1. The van der Waals surface area contributed by atoms with Gasteiger partial charge in [0.1, 0.15) is 0 Å². The SMILES string of the molecule is C[C@@H](CC#Cc1ccccc1)[C@H](O)C=C[C@H]1CC(F)(F)C(=O)N1CCCCCCC(=O)O. The number of aliphatic hydroxyl groups excluding tert-OH is 1. The molecule has 0 unspecified atom stereocenters. The molecule has 1 aliphatic rings. The van der Waals surface area contributed by atoms with Crippen LogP contribution in [0.1, 0.15) is 57.4 Å². The lowest BCUT2D eigenvalue weighted by Gasteiger charge is -2.22. The highest BCUT2D eigenvalue weighted by Crippen LogP contribution is 2.34. The summed E-state index contributed by atoms with van der Waals surface area (Å²) in [7, 11) is 0. The molecule has 0 aliphatic carbocycles. The summed E-state index contributed by atoms with van der Waals surface area (Å²) >= 11 is 0. The molecule has 2 N–H and O–H groups in total. The number of carboxylic acid groups (broad SMARTS) is 1. The lowest BCUT2D eigenvalue weighted by atomic mass is 9.99. The van der Waals surface area contributed by atoms with Crippen LogP contribution in [-0.4, -0.2) is 51.6 Å². The van der Waals surface area contributed by atoms with Crippen molar-refractivity contribution in [2.45, 2.75) is 69.9 Å². The first-order chi connectivity index (χ1) is 15.2. The zero-order chi connectivity index (χ0) is 23.6. The van der Waals surface area contributed by atoms with Crippen LogP contribution in [0.25, 0.3) is 0 Å². The molecule has 0 aromatic heterocycles. The molecular formula is C25H31F2NO4. The predicted molar refractivity (Wildman–Crippen MR) is 118 cm³/mol. The van der Waals surface area contributed by atoms with Crippen molar-refractivity contribution in [3.63, 3.8) is 0 Å². The Morgan fingerprint density at radius 3 is 2.62 bits per heavy atom. The molecule has 1 saturated heterocycles. The molecule has 1 heterocycles. The van der Waals surface area contributed by atoms with E-state index in [0.29, 0.717) is 32.1 Å². The second kappa shape index (κ2) is 12.4. The number of aliphatic hydroxyl groups is 1. The molecule has 1 fully saturated rings. The fourth-order valence-corrected chi connectivity index (χ4v) is 3.56. The second-order valence-electron chi connectivity index (χ2n) is 8.26. The van der Waals surface area contributed by atoms with Crippen molar-refractivity contribution in [2.24, 2.45) is 5.92 Å². The third-order valence-corrected chi connectivity index (χ3v) is 5.52. The highest BCUT2D eigenvalue weighted by Gasteiger charge is 2.52. The Morgan fingerprint density at radius 2 is 1.94 bits per heavy atom. The van der Waals surface area contributed by atoms with Gasteiger partial charge in [0.25, 0.3) is 5.91 Å². The number of carbonyl (C=O) groups is 2. The van der Waals surface area contributed by atoms with E-state index in [0.717, 1.165) is 5.56 Å². The number of rotatable bonds is 11. The number of amides is 1. The summed E-state index contributed by atoms with van der Waals surface area (Å²) in [6, 6.07) is 8.71. The zero-order valence-corrected chi connectivity index (χ0v) is 18.3. The van der Waals surface area contributed by atoms with E-state index in [4.69, 9.17) is 5.11 Å². The molecule has 0 spiro atoms. The Labute approximate surface area is 188 Å². The molecule has 5 nitrogen and oxygen atoms in total. The molecule has 0 bridgehead atoms. The van der Waals surface area contributed by atoms with Crippen LogP contribution in [0.2, 0.25) is 0 Å². The minimum Gasteiger partial charge on any atom is -0.481 e. The number of nitrogens with zero attached hydrogens (tertiary/aromatic N) is 1. The van der Waals surface area contributed by atoms with Crippen LogP contribution in [0.15, 0.2) is 42.5 Å². The van der Waals surface area contributed by atoms with E-state index in [9.17, 15) is 23.5 Å². The van der Waals surface area contributed by atoms with Crippen molar-refractivity contribution >= 4 is 11.9 Å². The van der Waals surface area contributed by atoms with Gasteiger partial charge in [0.2, 0.25) is 0 Å². The molecular weight excluding hydrogens is 416 g/mol. The third kappa shape index (κ3) is 8.08. The number of hydrogen-bond acceptors (Lipinski definition) is 3. The first-order valence-electron chi connectivity index (χ1n) is 11.0. The van der Waals surface area contributed by atoms with E-state index in [1.54, 1.807) is 0 Å². The van der Waals surface area contributed by atoms with Crippen LogP contribution in [0.4, 0.5) is 8.78 Å². The Morgan fingerprint density at radius 1 is 1.25 bits per heavy atom. The van der Waals surface area contributed by atoms with Crippen LogP contribution in [0.3, 0.4) is 0 Å². The van der Waals surface area contributed by atoms with Crippen LogP contribution >= 0.6 is 0 Å². The molecule has 0 radical (unpaired) electrons. The van der Waals surface area contributed by atoms with E-state index >= 15 is 0 Å². The highest BCUT2D eigenvalue weighted by molar-refractivity contribution is 5.86. The maximum absolute atomic E-state index is 14.0. The number of unbranched alkanes of at least 4 members (excludes halogenated alkanes) is 3. The smallest absolute Gasteiger partial charge is 0.327 e.